The number of nitrogens with zero attached hydrogens (tertiary/aromatic N) is 1. The molecule has 2 rings (SSSR count). The molecule has 0 atom stereocenters. The van der Waals surface area contributed by atoms with Gasteiger partial charge in [-0.25, -0.2) is 9.37 Å². The lowest BCUT2D eigenvalue weighted by molar-refractivity contribution is 0.611. The fourth-order valence-corrected chi connectivity index (χ4v) is 1.44. The van der Waals surface area contributed by atoms with E-state index in [1.54, 1.807) is 18.3 Å². The molecule has 0 aliphatic heterocycles. The number of halogens is 1. The maximum atomic E-state index is 13.2. The highest BCUT2D eigenvalue weighted by molar-refractivity contribution is 5.56. The van der Waals surface area contributed by atoms with Crippen LogP contribution in [0.15, 0.2) is 24.4 Å². The Morgan fingerprint density at radius 2 is 2.27 bits per heavy atom. The van der Waals surface area contributed by atoms with Crippen LogP contribution in [0, 0.1) is 12.7 Å². The summed E-state index contributed by atoms with van der Waals surface area (Å²) in [4.78, 5) is 7.26. The predicted molar refractivity (Wildman–Crippen MR) is 56.6 cm³/mol. The summed E-state index contributed by atoms with van der Waals surface area (Å²) in [5.74, 6) is 0.465. The van der Waals surface area contributed by atoms with Gasteiger partial charge in [-0.2, -0.15) is 0 Å². The number of hydrogen-bond donors (Lipinski definition) is 2. The molecule has 1 aromatic carbocycles. The summed E-state index contributed by atoms with van der Waals surface area (Å²) in [5.41, 5.74) is 7.76. The van der Waals surface area contributed by atoms with Crippen LogP contribution in [-0.4, -0.2) is 9.97 Å². The first-order valence-electron chi connectivity index (χ1n) is 4.71. The monoisotopic (exact) mass is 205 g/mol. The van der Waals surface area contributed by atoms with Crippen molar-refractivity contribution in [3.8, 4) is 11.4 Å². The van der Waals surface area contributed by atoms with Gasteiger partial charge in [0.1, 0.15) is 11.6 Å². The van der Waals surface area contributed by atoms with Crippen LogP contribution >= 0.6 is 0 Å². The highest BCUT2D eigenvalue weighted by Crippen LogP contribution is 2.19. The number of H-pyrrole nitrogens is 1. The molecule has 3 nitrogen and oxygen atoms in total. The molecular formula is C11H12FN3. The molecule has 3 N–H and O–H groups in total. The molecule has 0 aliphatic carbocycles. The zero-order valence-corrected chi connectivity index (χ0v) is 8.42. The van der Waals surface area contributed by atoms with E-state index in [0.29, 0.717) is 5.56 Å². The molecule has 78 valence electrons. The summed E-state index contributed by atoms with van der Waals surface area (Å²) in [7, 11) is 0. The third kappa shape index (κ3) is 1.89. The number of imidazole rings is 1. The molecule has 0 spiro atoms. The quantitative estimate of drug-likeness (QED) is 0.787. The Balaban J connectivity index is 2.45. The minimum Gasteiger partial charge on any atom is -0.342 e. The molecule has 15 heavy (non-hydrogen) atoms. The van der Waals surface area contributed by atoms with Crippen LogP contribution in [-0.2, 0) is 6.54 Å². The van der Waals surface area contributed by atoms with Crippen LogP contribution in [0.5, 0.6) is 0 Å². The standard InChI is InChI=1S/C11H12FN3/c1-7-6-14-11(15-7)8-2-3-10(12)9(4-8)5-13/h2-4,6H,5,13H2,1H3,(H,14,15). The van der Waals surface area contributed by atoms with Crippen molar-refractivity contribution in [3.63, 3.8) is 0 Å². The van der Waals surface area contributed by atoms with Crippen molar-refractivity contribution in [2.45, 2.75) is 13.5 Å². The maximum absolute atomic E-state index is 13.2. The Hall–Kier alpha value is -1.68. The second-order valence-corrected chi connectivity index (χ2v) is 3.43. The first-order valence-corrected chi connectivity index (χ1v) is 4.71. The van der Waals surface area contributed by atoms with E-state index in [-0.39, 0.29) is 12.4 Å². The van der Waals surface area contributed by atoms with Gasteiger partial charge in [0.15, 0.2) is 0 Å². The number of hydrogen-bond acceptors (Lipinski definition) is 2. The third-order valence-electron chi connectivity index (χ3n) is 2.24. The van der Waals surface area contributed by atoms with Crippen molar-refractivity contribution in [1.29, 1.82) is 0 Å². The van der Waals surface area contributed by atoms with E-state index >= 15 is 0 Å². The summed E-state index contributed by atoms with van der Waals surface area (Å²) < 4.78 is 13.2. The SMILES string of the molecule is Cc1cnc(-c2ccc(F)c(CN)c2)[nH]1. The summed E-state index contributed by atoms with van der Waals surface area (Å²) in [5, 5.41) is 0. The van der Waals surface area contributed by atoms with Crippen molar-refractivity contribution in [3.05, 3.63) is 41.5 Å². The molecular weight excluding hydrogens is 193 g/mol. The average Bonchev–Trinajstić information content (AvgIpc) is 2.66. The molecule has 1 aromatic heterocycles. The van der Waals surface area contributed by atoms with Crippen LogP contribution < -0.4 is 5.73 Å². The number of aryl methyl sites for hydroxylation is 1. The Morgan fingerprint density at radius 3 is 2.87 bits per heavy atom. The van der Waals surface area contributed by atoms with Crippen molar-refractivity contribution in [2.24, 2.45) is 5.73 Å². The number of rotatable bonds is 2. The van der Waals surface area contributed by atoms with Crippen LogP contribution in [0.2, 0.25) is 0 Å². The van der Waals surface area contributed by atoms with Gasteiger partial charge < -0.3 is 10.7 Å². The lowest BCUT2D eigenvalue weighted by Gasteiger charge is -2.02. The maximum Gasteiger partial charge on any atom is 0.137 e. The smallest absolute Gasteiger partial charge is 0.137 e. The molecule has 0 amide bonds. The molecule has 0 radical (unpaired) electrons. The van der Waals surface area contributed by atoms with E-state index in [9.17, 15) is 4.39 Å². The van der Waals surface area contributed by atoms with Gasteiger partial charge in [-0.15, -0.1) is 0 Å². The van der Waals surface area contributed by atoms with E-state index < -0.39 is 0 Å². The van der Waals surface area contributed by atoms with E-state index in [1.807, 2.05) is 6.92 Å². The summed E-state index contributed by atoms with van der Waals surface area (Å²) in [6.45, 7) is 2.11. The third-order valence-corrected chi connectivity index (χ3v) is 2.24. The van der Waals surface area contributed by atoms with Crippen molar-refractivity contribution in [2.75, 3.05) is 0 Å². The molecule has 0 bridgehead atoms. The molecule has 0 unspecified atom stereocenters. The molecule has 4 heteroatoms. The number of aromatic nitrogens is 2. The average molecular weight is 205 g/mol. The minimum absolute atomic E-state index is 0.194. The van der Waals surface area contributed by atoms with E-state index in [4.69, 9.17) is 5.73 Å². The van der Waals surface area contributed by atoms with Crippen molar-refractivity contribution >= 4 is 0 Å². The highest BCUT2D eigenvalue weighted by atomic mass is 19.1. The van der Waals surface area contributed by atoms with E-state index in [0.717, 1.165) is 17.1 Å². The van der Waals surface area contributed by atoms with Gasteiger partial charge in [0.2, 0.25) is 0 Å². The Bertz CT molecular complexity index is 476. The van der Waals surface area contributed by atoms with Gasteiger partial charge in [0.05, 0.1) is 0 Å². The van der Waals surface area contributed by atoms with Crippen LogP contribution in [0.4, 0.5) is 4.39 Å². The van der Waals surface area contributed by atoms with E-state index in [2.05, 4.69) is 9.97 Å². The molecule has 1 heterocycles. The lowest BCUT2D eigenvalue weighted by Crippen LogP contribution is -2.00. The zero-order chi connectivity index (χ0) is 10.8. The van der Waals surface area contributed by atoms with Gasteiger partial charge in [-0.3, -0.25) is 0 Å². The van der Waals surface area contributed by atoms with Gasteiger partial charge in [0.25, 0.3) is 0 Å². The first kappa shape index (κ1) is 9.86. The topological polar surface area (TPSA) is 54.7 Å². The molecule has 0 aliphatic rings. The number of benzene rings is 1. The normalized spacial score (nSPS) is 10.6. The molecule has 0 fully saturated rings. The molecule has 0 saturated carbocycles. The Morgan fingerprint density at radius 1 is 1.47 bits per heavy atom. The summed E-state index contributed by atoms with van der Waals surface area (Å²) in [6.07, 6.45) is 1.74. The van der Waals surface area contributed by atoms with E-state index in [1.165, 1.54) is 6.07 Å². The number of aromatic amines is 1. The van der Waals surface area contributed by atoms with Crippen LogP contribution in [0.3, 0.4) is 0 Å². The fourth-order valence-electron chi connectivity index (χ4n) is 1.44. The Kier molecular flexibility index (Phi) is 2.51. The number of nitrogens with one attached hydrogen (secondary N) is 1. The fraction of sp³-hybridized carbons (Fsp3) is 0.182. The predicted octanol–water partition coefficient (Wildman–Crippen LogP) is 1.98. The highest BCUT2D eigenvalue weighted by Gasteiger charge is 2.05. The minimum atomic E-state index is -0.274. The van der Waals surface area contributed by atoms with Crippen molar-refractivity contribution < 1.29 is 4.39 Å². The Labute approximate surface area is 87.2 Å². The summed E-state index contributed by atoms with van der Waals surface area (Å²) >= 11 is 0. The molecule has 2 aromatic rings. The van der Waals surface area contributed by atoms with Gasteiger partial charge in [-0.1, -0.05) is 0 Å². The zero-order valence-electron chi connectivity index (χ0n) is 8.42. The summed E-state index contributed by atoms with van der Waals surface area (Å²) in [6, 6.07) is 4.82. The van der Waals surface area contributed by atoms with Gasteiger partial charge >= 0.3 is 0 Å². The second kappa shape index (κ2) is 3.82. The van der Waals surface area contributed by atoms with Gasteiger partial charge in [0, 0.05) is 29.6 Å². The van der Waals surface area contributed by atoms with Gasteiger partial charge in [-0.05, 0) is 25.1 Å². The lowest BCUT2D eigenvalue weighted by atomic mass is 10.1. The van der Waals surface area contributed by atoms with Crippen LogP contribution in [0.1, 0.15) is 11.3 Å². The first-order chi connectivity index (χ1) is 7.20. The second-order valence-electron chi connectivity index (χ2n) is 3.43. The van der Waals surface area contributed by atoms with Crippen LogP contribution in [0.25, 0.3) is 11.4 Å². The number of nitrogens with two attached hydrogens (primary N) is 1. The largest absolute Gasteiger partial charge is 0.342 e. The molecule has 0 saturated heterocycles. The van der Waals surface area contributed by atoms with Crippen molar-refractivity contribution in [1.82, 2.24) is 9.97 Å².